The van der Waals surface area contributed by atoms with Crippen LogP contribution in [0, 0.1) is 5.95 Å². The van der Waals surface area contributed by atoms with Crippen LogP contribution in [0.4, 0.5) is 9.18 Å². The predicted octanol–water partition coefficient (Wildman–Crippen LogP) is 3.15. The molecule has 0 spiro atoms. The smallest absolute Gasteiger partial charge is 0.407 e. The first-order valence-corrected chi connectivity index (χ1v) is 6.13. The van der Waals surface area contributed by atoms with Crippen molar-refractivity contribution >= 4 is 12.2 Å². The zero-order valence-electron chi connectivity index (χ0n) is 11.4. The van der Waals surface area contributed by atoms with E-state index < -0.39 is 17.6 Å². The van der Waals surface area contributed by atoms with E-state index in [2.05, 4.69) is 10.3 Å². The third kappa shape index (κ3) is 7.18. The first kappa shape index (κ1) is 15.1. The van der Waals surface area contributed by atoms with E-state index in [0.717, 1.165) is 0 Å². The molecule has 19 heavy (non-hydrogen) atoms. The fourth-order valence-electron chi connectivity index (χ4n) is 1.29. The molecule has 0 atom stereocenters. The minimum atomic E-state index is -0.506. The highest BCUT2D eigenvalue weighted by molar-refractivity contribution is 5.67. The second kappa shape index (κ2) is 6.87. The Bertz CT molecular complexity index is 453. The molecular weight excluding hydrogens is 247 g/mol. The number of hydrogen-bond donors (Lipinski definition) is 1. The minimum Gasteiger partial charge on any atom is -0.444 e. The quantitative estimate of drug-likeness (QED) is 0.672. The number of alkyl carbamates (subject to hydrolysis) is 1. The third-order valence-corrected chi connectivity index (χ3v) is 2.00. The van der Waals surface area contributed by atoms with Gasteiger partial charge in [-0.2, -0.15) is 4.39 Å². The summed E-state index contributed by atoms with van der Waals surface area (Å²) in [5, 5.41) is 2.63. The zero-order chi connectivity index (χ0) is 14.3. The molecule has 1 aromatic rings. The van der Waals surface area contributed by atoms with Crippen LogP contribution in [-0.4, -0.2) is 23.2 Å². The van der Waals surface area contributed by atoms with Crippen molar-refractivity contribution in [1.29, 1.82) is 0 Å². The lowest BCUT2D eigenvalue weighted by Gasteiger charge is -2.19. The van der Waals surface area contributed by atoms with Crippen molar-refractivity contribution in [2.24, 2.45) is 0 Å². The molecule has 104 valence electrons. The number of nitrogens with zero attached hydrogens (tertiary/aromatic N) is 1. The molecule has 0 saturated heterocycles. The molecule has 4 nitrogen and oxygen atoms in total. The van der Waals surface area contributed by atoms with Crippen molar-refractivity contribution in [3.8, 4) is 0 Å². The van der Waals surface area contributed by atoms with E-state index in [1.54, 1.807) is 18.2 Å². The average molecular weight is 266 g/mol. The summed E-state index contributed by atoms with van der Waals surface area (Å²) in [5.74, 6) is -0.506. The number of hydrogen-bond acceptors (Lipinski definition) is 3. The summed E-state index contributed by atoms with van der Waals surface area (Å²) in [6.45, 7) is 5.88. The van der Waals surface area contributed by atoms with Gasteiger partial charge in [0.05, 0.1) is 5.69 Å². The summed E-state index contributed by atoms with van der Waals surface area (Å²) in [5.41, 5.74) is 0.0584. The summed E-state index contributed by atoms with van der Waals surface area (Å²) in [6.07, 6.45) is 3.71. The molecule has 1 rings (SSSR count). The highest BCUT2D eigenvalue weighted by atomic mass is 19.1. The fraction of sp³-hybridized carbons (Fsp3) is 0.429. The van der Waals surface area contributed by atoms with Crippen molar-refractivity contribution in [1.82, 2.24) is 10.3 Å². The summed E-state index contributed by atoms with van der Waals surface area (Å²) in [6, 6.07) is 4.60. The lowest BCUT2D eigenvalue weighted by Crippen LogP contribution is -2.32. The molecule has 1 aromatic heterocycles. The predicted molar refractivity (Wildman–Crippen MR) is 72.1 cm³/mol. The van der Waals surface area contributed by atoms with Crippen LogP contribution >= 0.6 is 0 Å². The first-order valence-electron chi connectivity index (χ1n) is 6.13. The summed E-state index contributed by atoms with van der Waals surface area (Å²) in [7, 11) is 0. The van der Waals surface area contributed by atoms with Crippen LogP contribution in [0.25, 0.3) is 6.08 Å². The van der Waals surface area contributed by atoms with Crippen LogP contribution in [0.15, 0.2) is 24.3 Å². The van der Waals surface area contributed by atoms with Gasteiger partial charge in [0.2, 0.25) is 5.95 Å². The highest BCUT2D eigenvalue weighted by Crippen LogP contribution is 2.06. The Hall–Kier alpha value is -1.91. The third-order valence-electron chi connectivity index (χ3n) is 2.00. The Kier molecular flexibility index (Phi) is 5.48. The Morgan fingerprint density at radius 3 is 2.84 bits per heavy atom. The van der Waals surface area contributed by atoms with E-state index in [4.69, 9.17) is 4.74 Å². The van der Waals surface area contributed by atoms with Crippen molar-refractivity contribution < 1.29 is 13.9 Å². The fourth-order valence-corrected chi connectivity index (χ4v) is 1.29. The molecule has 0 bridgehead atoms. The lowest BCUT2D eigenvalue weighted by atomic mass is 10.2. The van der Waals surface area contributed by atoms with Gasteiger partial charge in [0.1, 0.15) is 5.60 Å². The molecular formula is C14H19FN2O2. The van der Waals surface area contributed by atoms with Crippen LogP contribution in [0.5, 0.6) is 0 Å². The number of aromatic nitrogens is 1. The molecule has 0 aromatic carbocycles. The van der Waals surface area contributed by atoms with Gasteiger partial charge in [-0.15, -0.1) is 0 Å². The van der Waals surface area contributed by atoms with Gasteiger partial charge in [0.15, 0.2) is 0 Å². The maximum absolute atomic E-state index is 12.8. The van der Waals surface area contributed by atoms with Gasteiger partial charge in [-0.05, 0) is 45.4 Å². The molecule has 5 heteroatoms. The van der Waals surface area contributed by atoms with Crippen LogP contribution < -0.4 is 5.32 Å². The van der Waals surface area contributed by atoms with Crippen molar-refractivity contribution in [3.63, 3.8) is 0 Å². The van der Waals surface area contributed by atoms with Crippen LogP contribution in [0.3, 0.4) is 0 Å². The molecule has 0 saturated carbocycles. The largest absolute Gasteiger partial charge is 0.444 e. The number of rotatable bonds is 4. The number of carbonyl (C=O) groups excluding carboxylic acids is 1. The number of ether oxygens (including phenoxy) is 1. The highest BCUT2D eigenvalue weighted by Gasteiger charge is 2.15. The second-order valence-electron chi connectivity index (χ2n) is 5.00. The van der Waals surface area contributed by atoms with Crippen LogP contribution in [0.2, 0.25) is 0 Å². The van der Waals surface area contributed by atoms with Gasteiger partial charge in [0.25, 0.3) is 0 Å². The van der Waals surface area contributed by atoms with Gasteiger partial charge in [-0.1, -0.05) is 12.1 Å². The maximum atomic E-state index is 12.8. The molecule has 0 unspecified atom stereocenters. The van der Waals surface area contributed by atoms with E-state index in [1.165, 1.54) is 6.07 Å². The normalized spacial score (nSPS) is 11.6. The molecule has 0 fully saturated rings. The van der Waals surface area contributed by atoms with Gasteiger partial charge in [-0.3, -0.25) is 0 Å². The monoisotopic (exact) mass is 266 g/mol. The van der Waals surface area contributed by atoms with Crippen LogP contribution in [-0.2, 0) is 4.74 Å². The Balaban J connectivity index is 2.26. The van der Waals surface area contributed by atoms with Crippen molar-refractivity contribution in [2.45, 2.75) is 32.8 Å². The SMILES string of the molecule is CC(C)(C)OC(=O)NCCC=Cc1cccc(F)n1. The topological polar surface area (TPSA) is 51.2 Å². The number of halogens is 1. The van der Waals surface area contributed by atoms with E-state index in [-0.39, 0.29) is 0 Å². The lowest BCUT2D eigenvalue weighted by molar-refractivity contribution is 0.0529. The van der Waals surface area contributed by atoms with E-state index in [0.29, 0.717) is 18.7 Å². The van der Waals surface area contributed by atoms with E-state index >= 15 is 0 Å². The number of pyridine rings is 1. The molecule has 0 radical (unpaired) electrons. The van der Waals surface area contributed by atoms with Crippen LogP contribution in [0.1, 0.15) is 32.9 Å². The summed E-state index contributed by atoms with van der Waals surface area (Å²) >= 11 is 0. The molecule has 0 aliphatic rings. The molecule has 1 N–H and O–H groups in total. The molecule has 0 aliphatic heterocycles. The molecule has 0 aliphatic carbocycles. The Morgan fingerprint density at radius 2 is 2.21 bits per heavy atom. The van der Waals surface area contributed by atoms with Crippen molar-refractivity contribution in [3.05, 3.63) is 35.9 Å². The van der Waals surface area contributed by atoms with Gasteiger partial charge < -0.3 is 10.1 Å². The molecule has 1 heterocycles. The van der Waals surface area contributed by atoms with E-state index in [9.17, 15) is 9.18 Å². The van der Waals surface area contributed by atoms with Gasteiger partial charge in [-0.25, -0.2) is 9.78 Å². The number of nitrogens with one attached hydrogen (secondary N) is 1. The van der Waals surface area contributed by atoms with Gasteiger partial charge in [0, 0.05) is 6.54 Å². The minimum absolute atomic E-state index is 0.440. The Labute approximate surface area is 112 Å². The number of carbonyl (C=O) groups is 1. The zero-order valence-corrected chi connectivity index (χ0v) is 11.4. The summed E-state index contributed by atoms with van der Waals surface area (Å²) in [4.78, 5) is 15.0. The molecule has 1 amide bonds. The number of amides is 1. The maximum Gasteiger partial charge on any atom is 0.407 e. The van der Waals surface area contributed by atoms with E-state index in [1.807, 2.05) is 26.8 Å². The average Bonchev–Trinajstić information content (AvgIpc) is 2.26. The van der Waals surface area contributed by atoms with Crippen molar-refractivity contribution in [2.75, 3.05) is 6.54 Å². The first-order chi connectivity index (χ1) is 8.87. The van der Waals surface area contributed by atoms with Gasteiger partial charge >= 0.3 is 6.09 Å². The second-order valence-corrected chi connectivity index (χ2v) is 5.00. The Morgan fingerprint density at radius 1 is 1.47 bits per heavy atom. The standard InChI is InChI=1S/C14H19FN2O2/c1-14(2,3)19-13(18)16-10-5-4-7-11-8-6-9-12(15)17-11/h4,6-9H,5,10H2,1-3H3,(H,16,18). The summed E-state index contributed by atoms with van der Waals surface area (Å²) < 4.78 is 17.9.